The fraction of sp³-hybridized carbons (Fsp3) is 0.227. The highest BCUT2D eigenvalue weighted by Gasteiger charge is 2.37. The first-order chi connectivity index (χ1) is 12.3. The SMILES string of the molecule is CC1=CC(C)(O)C(NC(=O)Cc2ccc(F)cc2)C(c2ccccc2)=C1. The number of hydrogen-bond donors (Lipinski definition) is 2. The Balaban J connectivity index is 1.84. The first-order valence-corrected chi connectivity index (χ1v) is 8.58. The summed E-state index contributed by atoms with van der Waals surface area (Å²) < 4.78 is 13.0. The Bertz CT molecular complexity index is 851. The molecule has 3 rings (SSSR count). The molecule has 2 atom stereocenters. The first-order valence-electron chi connectivity index (χ1n) is 8.58. The Hall–Kier alpha value is -2.72. The monoisotopic (exact) mass is 351 g/mol. The number of nitrogens with one attached hydrogen (secondary N) is 1. The van der Waals surface area contributed by atoms with Gasteiger partial charge in [0.1, 0.15) is 11.4 Å². The number of benzene rings is 2. The third-order valence-corrected chi connectivity index (χ3v) is 4.49. The summed E-state index contributed by atoms with van der Waals surface area (Å²) in [5, 5.41) is 13.9. The number of amides is 1. The molecule has 3 nitrogen and oxygen atoms in total. The maximum Gasteiger partial charge on any atom is 0.225 e. The molecule has 2 N–H and O–H groups in total. The highest BCUT2D eigenvalue weighted by atomic mass is 19.1. The predicted molar refractivity (Wildman–Crippen MR) is 101 cm³/mol. The number of carbonyl (C=O) groups is 1. The number of allylic oxidation sites excluding steroid dienone is 2. The molecule has 2 aromatic rings. The van der Waals surface area contributed by atoms with Gasteiger partial charge >= 0.3 is 0 Å². The van der Waals surface area contributed by atoms with E-state index >= 15 is 0 Å². The molecular formula is C22H22FNO2. The van der Waals surface area contributed by atoms with Gasteiger partial charge < -0.3 is 10.4 Å². The molecule has 0 spiro atoms. The van der Waals surface area contributed by atoms with E-state index < -0.39 is 11.6 Å². The fourth-order valence-electron chi connectivity index (χ4n) is 3.33. The van der Waals surface area contributed by atoms with Crippen LogP contribution in [-0.4, -0.2) is 22.7 Å². The summed E-state index contributed by atoms with van der Waals surface area (Å²) in [6.45, 7) is 3.61. The molecule has 2 aromatic carbocycles. The molecule has 1 amide bonds. The molecule has 0 aromatic heterocycles. The summed E-state index contributed by atoms with van der Waals surface area (Å²) in [7, 11) is 0. The number of rotatable bonds is 4. The van der Waals surface area contributed by atoms with Crippen LogP contribution >= 0.6 is 0 Å². The minimum Gasteiger partial charge on any atom is -0.384 e. The largest absolute Gasteiger partial charge is 0.384 e. The zero-order valence-corrected chi connectivity index (χ0v) is 14.9. The smallest absolute Gasteiger partial charge is 0.225 e. The van der Waals surface area contributed by atoms with Crippen molar-refractivity contribution in [1.82, 2.24) is 5.32 Å². The van der Waals surface area contributed by atoms with Crippen LogP contribution in [0.25, 0.3) is 5.57 Å². The lowest BCUT2D eigenvalue weighted by molar-refractivity contribution is -0.122. The molecule has 0 saturated carbocycles. The van der Waals surface area contributed by atoms with E-state index in [4.69, 9.17) is 0 Å². The van der Waals surface area contributed by atoms with E-state index in [0.29, 0.717) is 0 Å². The topological polar surface area (TPSA) is 49.3 Å². The van der Waals surface area contributed by atoms with Gasteiger partial charge in [0, 0.05) is 0 Å². The Labute approximate surface area is 152 Å². The number of hydrogen-bond acceptors (Lipinski definition) is 2. The Morgan fingerprint density at radius 2 is 1.81 bits per heavy atom. The van der Waals surface area contributed by atoms with Crippen LogP contribution in [0.4, 0.5) is 4.39 Å². The second-order valence-electron chi connectivity index (χ2n) is 6.88. The maximum absolute atomic E-state index is 13.0. The lowest BCUT2D eigenvalue weighted by atomic mass is 9.80. The summed E-state index contributed by atoms with van der Waals surface area (Å²) in [6, 6.07) is 15.0. The van der Waals surface area contributed by atoms with Crippen LogP contribution in [0.2, 0.25) is 0 Å². The number of aliphatic hydroxyl groups is 1. The van der Waals surface area contributed by atoms with Crippen LogP contribution in [0.3, 0.4) is 0 Å². The third-order valence-electron chi connectivity index (χ3n) is 4.49. The zero-order chi connectivity index (χ0) is 18.7. The van der Waals surface area contributed by atoms with Crippen molar-refractivity contribution in [3.63, 3.8) is 0 Å². The summed E-state index contributed by atoms with van der Waals surface area (Å²) in [5.41, 5.74) is 2.27. The van der Waals surface area contributed by atoms with E-state index in [9.17, 15) is 14.3 Å². The second kappa shape index (κ2) is 7.26. The molecule has 0 aliphatic heterocycles. The van der Waals surface area contributed by atoms with E-state index in [1.54, 1.807) is 25.1 Å². The summed E-state index contributed by atoms with van der Waals surface area (Å²) in [5.74, 6) is -0.559. The highest BCUT2D eigenvalue weighted by Crippen LogP contribution is 2.33. The summed E-state index contributed by atoms with van der Waals surface area (Å²) in [4.78, 5) is 12.5. The molecule has 134 valence electrons. The standard InChI is InChI=1S/C22H22FNO2/c1-15-12-19(17-6-4-3-5-7-17)21(22(2,26)14-15)24-20(25)13-16-8-10-18(23)11-9-16/h3-12,14,21,26H,13H2,1-2H3,(H,24,25). The van der Waals surface area contributed by atoms with Crippen molar-refractivity contribution in [3.8, 4) is 0 Å². The number of halogens is 1. The molecule has 2 unspecified atom stereocenters. The molecule has 1 aliphatic carbocycles. The van der Waals surface area contributed by atoms with Gasteiger partial charge in [-0.05, 0) is 48.8 Å². The minimum atomic E-state index is -1.21. The quantitative estimate of drug-likeness (QED) is 0.883. The molecule has 0 radical (unpaired) electrons. The van der Waals surface area contributed by atoms with Gasteiger partial charge in [-0.1, -0.05) is 54.1 Å². The van der Waals surface area contributed by atoms with E-state index in [-0.39, 0.29) is 18.1 Å². The molecule has 0 saturated heterocycles. The molecule has 1 aliphatic rings. The average Bonchev–Trinajstić information content (AvgIpc) is 2.59. The third kappa shape index (κ3) is 4.09. The van der Waals surface area contributed by atoms with Crippen molar-refractivity contribution in [2.45, 2.75) is 31.9 Å². The van der Waals surface area contributed by atoms with Gasteiger partial charge in [0.05, 0.1) is 12.5 Å². The van der Waals surface area contributed by atoms with E-state index in [0.717, 1.165) is 22.3 Å². The Morgan fingerprint density at radius 1 is 1.15 bits per heavy atom. The minimum absolute atomic E-state index is 0.123. The van der Waals surface area contributed by atoms with Crippen LogP contribution in [-0.2, 0) is 11.2 Å². The molecular weight excluding hydrogens is 329 g/mol. The van der Waals surface area contributed by atoms with Crippen LogP contribution < -0.4 is 5.32 Å². The van der Waals surface area contributed by atoms with Crippen LogP contribution in [0, 0.1) is 5.82 Å². The highest BCUT2D eigenvalue weighted by molar-refractivity contribution is 5.84. The summed E-state index contributed by atoms with van der Waals surface area (Å²) >= 11 is 0. The van der Waals surface area contributed by atoms with Crippen LogP contribution in [0.1, 0.15) is 25.0 Å². The van der Waals surface area contributed by atoms with Crippen molar-refractivity contribution in [3.05, 3.63) is 89.3 Å². The van der Waals surface area contributed by atoms with Crippen LogP contribution in [0.15, 0.2) is 72.3 Å². The van der Waals surface area contributed by atoms with Gasteiger partial charge in [-0.25, -0.2) is 4.39 Å². The second-order valence-corrected chi connectivity index (χ2v) is 6.88. The van der Waals surface area contributed by atoms with E-state index in [2.05, 4.69) is 5.32 Å². The molecule has 26 heavy (non-hydrogen) atoms. The van der Waals surface area contributed by atoms with Gasteiger partial charge in [0.25, 0.3) is 0 Å². The zero-order valence-electron chi connectivity index (χ0n) is 14.9. The molecule has 0 fully saturated rings. The fourth-order valence-corrected chi connectivity index (χ4v) is 3.33. The van der Waals surface area contributed by atoms with Crippen molar-refractivity contribution in [2.75, 3.05) is 0 Å². The van der Waals surface area contributed by atoms with Gasteiger partial charge in [0.15, 0.2) is 0 Å². The molecule has 0 bridgehead atoms. The van der Waals surface area contributed by atoms with Crippen molar-refractivity contribution < 1.29 is 14.3 Å². The van der Waals surface area contributed by atoms with Gasteiger partial charge in [-0.2, -0.15) is 0 Å². The lowest BCUT2D eigenvalue weighted by Gasteiger charge is -2.36. The van der Waals surface area contributed by atoms with E-state index in [1.807, 2.05) is 43.3 Å². The van der Waals surface area contributed by atoms with Crippen molar-refractivity contribution >= 4 is 11.5 Å². The normalized spacial score (nSPS) is 22.4. The summed E-state index contributed by atoms with van der Waals surface area (Å²) in [6.07, 6.45) is 3.86. The first kappa shape index (κ1) is 18.1. The van der Waals surface area contributed by atoms with Gasteiger partial charge in [-0.3, -0.25) is 4.79 Å². The van der Waals surface area contributed by atoms with Crippen molar-refractivity contribution in [1.29, 1.82) is 0 Å². The lowest BCUT2D eigenvalue weighted by Crippen LogP contribution is -2.52. The van der Waals surface area contributed by atoms with Crippen LogP contribution in [0.5, 0.6) is 0 Å². The Kier molecular flexibility index (Phi) is 5.05. The van der Waals surface area contributed by atoms with Gasteiger partial charge in [0.2, 0.25) is 5.91 Å². The van der Waals surface area contributed by atoms with E-state index in [1.165, 1.54) is 12.1 Å². The van der Waals surface area contributed by atoms with Crippen molar-refractivity contribution in [2.24, 2.45) is 0 Å². The molecule has 4 heteroatoms. The maximum atomic E-state index is 13.0. The predicted octanol–water partition coefficient (Wildman–Crippen LogP) is 3.65. The number of carbonyl (C=O) groups excluding carboxylic acids is 1. The van der Waals surface area contributed by atoms with Gasteiger partial charge in [-0.15, -0.1) is 0 Å². The molecule has 0 heterocycles. The Morgan fingerprint density at radius 3 is 2.46 bits per heavy atom. The average molecular weight is 351 g/mol.